The molecule has 1 aromatic heterocycles. The van der Waals surface area contributed by atoms with Gasteiger partial charge in [0.15, 0.2) is 5.78 Å². The summed E-state index contributed by atoms with van der Waals surface area (Å²) in [6.45, 7) is 3.74. The number of amides is 1. The van der Waals surface area contributed by atoms with Crippen LogP contribution in [0.2, 0.25) is 5.02 Å². The third kappa shape index (κ3) is 2.99. The second-order valence-corrected chi connectivity index (χ2v) is 6.61. The van der Waals surface area contributed by atoms with Gasteiger partial charge in [-0.25, -0.2) is 0 Å². The number of Topliss-reactive ketones (excluding diaryl/α,β-unsaturated/α-hetero) is 1. The molecule has 1 aliphatic rings. The Kier molecular flexibility index (Phi) is 4.28. The molecule has 0 saturated heterocycles. The van der Waals surface area contributed by atoms with Gasteiger partial charge in [-0.05, 0) is 43.0 Å². The summed E-state index contributed by atoms with van der Waals surface area (Å²) < 4.78 is 0. The number of H-pyrrole nitrogens is 1. The lowest BCUT2D eigenvalue weighted by atomic mass is 9.86. The molecule has 1 aromatic carbocycles. The maximum Gasteiger partial charge on any atom is 0.261 e. The normalized spacial score (nSPS) is 16.6. The summed E-state index contributed by atoms with van der Waals surface area (Å²) in [6, 6.07) is 6.54. The Bertz CT molecular complexity index is 902. The van der Waals surface area contributed by atoms with E-state index in [1.54, 1.807) is 25.1 Å². The van der Waals surface area contributed by atoms with E-state index in [2.05, 4.69) is 10.3 Å². The van der Waals surface area contributed by atoms with E-state index in [1.165, 1.54) is 6.07 Å². The summed E-state index contributed by atoms with van der Waals surface area (Å²) in [7, 11) is 0. The van der Waals surface area contributed by atoms with Gasteiger partial charge >= 0.3 is 0 Å². The van der Waals surface area contributed by atoms with Crippen molar-refractivity contribution in [1.29, 1.82) is 0 Å². The van der Waals surface area contributed by atoms with Crippen molar-refractivity contribution in [3.8, 4) is 0 Å². The smallest absolute Gasteiger partial charge is 0.261 e. The molecule has 1 atom stereocenters. The number of pyridine rings is 1. The van der Waals surface area contributed by atoms with E-state index in [0.717, 1.165) is 0 Å². The fourth-order valence-electron chi connectivity index (χ4n) is 2.93. The minimum Gasteiger partial charge on any atom is -0.325 e. The van der Waals surface area contributed by atoms with Crippen LogP contribution < -0.4 is 10.9 Å². The van der Waals surface area contributed by atoms with Crippen LogP contribution in [-0.2, 0) is 6.42 Å². The van der Waals surface area contributed by atoms with Crippen molar-refractivity contribution in [3.63, 3.8) is 0 Å². The van der Waals surface area contributed by atoms with E-state index >= 15 is 0 Å². The average molecular weight is 345 g/mol. The molecule has 2 N–H and O–H groups in total. The molecule has 1 aliphatic carbocycles. The summed E-state index contributed by atoms with van der Waals surface area (Å²) >= 11 is 6.04. The van der Waals surface area contributed by atoms with E-state index in [4.69, 9.17) is 11.6 Å². The van der Waals surface area contributed by atoms with Gasteiger partial charge in [-0.3, -0.25) is 14.4 Å². The molecule has 3 rings (SSSR count). The highest BCUT2D eigenvalue weighted by Gasteiger charge is 2.25. The first-order chi connectivity index (χ1) is 11.4. The number of aromatic nitrogens is 1. The first-order valence-electron chi connectivity index (χ1n) is 7.72. The number of rotatable bonds is 2. The zero-order valence-corrected chi connectivity index (χ0v) is 14.2. The molecule has 0 radical (unpaired) electrons. The molecule has 24 heavy (non-hydrogen) atoms. The van der Waals surface area contributed by atoms with Gasteiger partial charge in [-0.15, -0.1) is 0 Å². The number of carbonyl (C=O) groups is 2. The van der Waals surface area contributed by atoms with Crippen LogP contribution in [0.4, 0.5) is 5.69 Å². The maximum atomic E-state index is 12.5. The number of nitrogens with one attached hydrogen (secondary N) is 2. The fourth-order valence-corrected chi connectivity index (χ4v) is 3.10. The number of aromatic amines is 1. The Morgan fingerprint density at radius 2 is 2.04 bits per heavy atom. The van der Waals surface area contributed by atoms with Crippen LogP contribution in [0.15, 0.2) is 29.1 Å². The number of halogens is 1. The van der Waals surface area contributed by atoms with Gasteiger partial charge < -0.3 is 10.3 Å². The molecule has 0 saturated carbocycles. The Morgan fingerprint density at radius 3 is 2.79 bits per heavy atom. The quantitative estimate of drug-likeness (QED) is 0.876. The molecule has 6 heteroatoms. The molecule has 5 nitrogen and oxygen atoms in total. The van der Waals surface area contributed by atoms with E-state index in [-0.39, 0.29) is 17.3 Å². The Hall–Kier alpha value is -2.40. The van der Waals surface area contributed by atoms with Crippen molar-refractivity contribution in [2.75, 3.05) is 5.32 Å². The average Bonchev–Trinajstić information content (AvgIpc) is 2.51. The first kappa shape index (κ1) is 16.5. The third-order valence-corrected chi connectivity index (χ3v) is 4.68. The lowest BCUT2D eigenvalue weighted by Gasteiger charge is -2.20. The van der Waals surface area contributed by atoms with Crippen molar-refractivity contribution >= 4 is 29.0 Å². The van der Waals surface area contributed by atoms with E-state index in [1.807, 2.05) is 6.92 Å². The van der Waals surface area contributed by atoms with Gasteiger partial charge in [-0.1, -0.05) is 24.6 Å². The molecular weight excluding hydrogens is 328 g/mol. The molecule has 0 aliphatic heterocycles. The Balaban J connectivity index is 1.96. The molecule has 2 aromatic rings. The summed E-state index contributed by atoms with van der Waals surface area (Å²) in [6.07, 6.45) is 1.05. The van der Waals surface area contributed by atoms with E-state index < -0.39 is 11.5 Å². The summed E-state index contributed by atoms with van der Waals surface area (Å²) in [4.78, 5) is 39.6. The van der Waals surface area contributed by atoms with Crippen LogP contribution in [0.3, 0.4) is 0 Å². The number of benzene rings is 1. The van der Waals surface area contributed by atoms with Crippen LogP contribution in [0.5, 0.6) is 0 Å². The first-order valence-corrected chi connectivity index (χ1v) is 8.10. The van der Waals surface area contributed by atoms with Gasteiger partial charge in [0.1, 0.15) is 5.56 Å². The molecule has 0 spiro atoms. The van der Waals surface area contributed by atoms with E-state index in [0.29, 0.717) is 40.4 Å². The lowest BCUT2D eigenvalue weighted by Crippen LogP contribution is -2.29. The van der Waals surface area contributed by atoms with E-state index in [9.17, 15) is 14.4 Å². The van der Waals surface area contributed by atoms with Crippen molar-refractivity contribution in [3.05, 3.63) is 62.0 Å². The van der Waals surface area contributed by atoms with Crippen molar-refractivity contribution in [1.82, 2.24) is 4.98 Å². The fraction of sp³-hybridized carbons (Fsp3) is 0.278. The van der Waals surface area contributed by atoms with Crippen LogP contribution in [0.25, 0.3) is 0 Å². The van der Waals surface area contributed by atoms with Crippen molar-refractivity contribution in [2.24, 2.45) is 5.92 Å². The maximum absolute atomic E-state index is 12.5. The monoisotopic (exact) mass is 344 g/mol. The van der Waals surface area contributed by atoms with Crippen LogP contribution in [-0.4, -0.2) is 16.7 Å². The molecule has 0 unspecified atom stereocenters. The number of carbonyl (C=O) groups excluding carboxylic acids is 2. The predicted molar refractivity (Wildman–Crippen MR) is 93.0 cm³/mol. The molecule has 0 bridgehead atoms. The number of ketones is 1. The molecular formula is C18H17ClN2O3. The number of hydrogen-bond acceptors (Lipinski definition) is 3. The highest BCUT2D eigenvalue weighted by atomic mass is 35.5. The molecule has 1 heterocycles. The van der Waals surface area contributed by atoms with Crippen LogP contribution >= 0.6 is 11.6 Å². The predicted octanol–water partition coefficient (Wildman–Crippen LogP) is 3.35. The largest absolute Gasteiger partial charge is 0.325 e. The number of anilines is 1. The van der Waals surface area contributed by atoms with Crippen LogP contribution in [0, 0.1) is 12.8 Å². The lowest BCUT2D eigenvalue weighted by molar-refractivity contribution is 0.0952. The minimum absolute atomic E-state index is 0.0482. The zero-order chi connectivity index (χ0) is 17.4. The van der Waals surface area contributed by atoms with Crippen molar-refractivity contribution in [2.45, 2.75) is 26.7 Å². The molecule has 124 valence electrons. The second-order valence-electron chi connectivity index (χ2n) is 6.21. The Labute approximate surface area is 144 Å². The third-order valence-electron chi connectivity index (χ3n) is 4.27. The van der Waals surface area contributed by atoms with Gasteiger partial charge in [-0.2, -0.15) is 0 Å². The highest BCUT2D eigenvalue weighted by Crippen LogP contribution is 2.25. The standard InChI is InChI=1S/C18H17ClN2O3/c1-9-6-15-11(16(22)7-9)8-12(18(24)21-15)17(23)20-14-5-3-4-13(19)10(14)2/h3-5,8-9H,6-7H2,1-2H3,(H,20,23)(H,21,24)/t9-/m1/s1. The van der Waals surface area contributed by atoms with Gasteiger partial charge in [0.2, 0.25) is 0 Å². The molecule has 1 amide bonds. The SMILES string of the molecule is Cc1c(Cl)cccc1NC(=O)c1cc2c([nH]c1=O)C[C@@H](C)CC2=O. The zero-order valence-electron chi connectivity index (χ0n) is 13.4. The van der Waals surface area contributed by atoms with Gasteiger partial charge in [0.05, 0.1) is 0 Å². The topological polar surface area (TPSA) is 79.0 Å². The summed E-state index contributed by atoms with van der Waals surface area (Å²) in [5.41, 5.74) is 1.72. The number of fused-ring (bicyclic) bond motifs is 1. The number of hydrogen-bond donors (Lipinski definition) is 2. The summed E-state index contributed by atoms with van der Waals surface area (Å²) in [5.74, 6) is -0.418. The van der Waals surface area contributed by atoms with Gasteiger partial charge in [0.25, 0.3) is 11.5 Å². The van der Waals surface area contributed by atoms with Crippen LogP contribution in [0.1, 0.15) is 45.3 Å². The van der Waals surface area contributed by atoms with Crippen molar-refractivity contribution < 1.29 is 9.59 Å². The molecule has 0 fully saturated rings. The minimum atomic E-state index is -0.559. The Morgan fingerprint density at radius 1 is 1.29 bits per heavy atom. The highest BCUT2D eigenvalue weighted by molar-refractivity contribution is 6.31. The summed E-state index contributed by atoms with van der Waals surface area (Å²) in [5, 5.41) is 3.21. The second kappa shape index (κ2) is 6.24. The van der Waals surface area contributed by atoms with Gasteiger partial charge in [0, 0.05) is 28.4 Å².